The molecule has 2 aromatic heterocycles. The van der Waals surface area contributed by atoms with Crippen LogP contribution in [0.1, 0.15) is 76.3 Å². The first-order chi connectivity index (χ1) is 14.7. The van der Waals surface area contributed by atoms with Crippen molar-refractivity contribution in [3.8, 4) is 27.7 Å². The van der Waals surface area contributed by atoms with Gasteiger partial charge in [0.1, 0.15) is 22.1 Å². The summed E-state index contributed by atoms with van der Waals surface area (Å²) in [6.45, 7) is 7.78. The van der Waals surface area contributed by atoms with Crippen LogP contribution in [-0.2, 0) is 10.0 Å². The van der Waals surface area contributed by atoms with Gasteiger partial charge in [-0.2, -0.15) is 9.90 Å². The van der Waals surface area contributed by atoms with E-state index in [4.69, 9.17) is 4.74 Å². The Morgan fingerprint density at radius 3 is 2.00 bits per heavy atom. The van der Waals surface area contributed by atoms with E-state index in [1.165, 1.54) is 0 Å². The average Bonchev–Trinajstić information content (AvgIpc) is 3.28. The number of hydrogen-bond acceptors (Lipinski definition) is 7. The molecule has 0 amide bonds. The average molecular weight is 528 g/mol. The van der Waals surface area contributed by atoms with Crippen LogP contribution < -0.4 is 9.46 Å². The molecule has 0 spiro atoms. The molecule has 1 aromatic carbocycles. The Kier molecular flexibility index (Phi) is 14.9. The highest BCUT2D eigenvalue weighted by Gasteiger charge is 2.35. The largest absolute Gasteiger partial charge is 0.497 e. The van der Waals surface area contributed by atoms with Crippen LogP contribution in [0.15, 0.2) is 35.8 Å². The van der Waals surface area contributed by atoms with E-state index in [2.05, 4.69) is 33.8 Å². The molecule has 1 aliphatic rings. The van der Waals surface area contributed by atoms with Gasteiger partial charge in [0.25, 0.3) is 0 Å². The summed E-state index contributed by atoms with van der Waals surface area (Å²) in [7, 11) is -1.28. The number of hydrogen-bond donors (Lipinski definition) is 1. The van der Waals surface area contributed by atoms with Crippen molar-refractivity contribution in [1.29, 1.82) is 0 Å². The van der Waals surface area contributed by atoms with Crippen LogP contribution in [-0.4, -0.2) is 46.8 Å². The number of nitrogens with zero attached hydrogens (tertiary/aromatic N) is 4. The molecular weight excluding hydrogens is 482 g/mol. The second-order valence-corrected chi connectivity index (χ2v) is 10.8. The summed E-state index contributed by atoms with van der Waals surface area (Å²) in [5.41, 5.74) is 2.68. The molecule has 4 rings (SSSR count). The van der Waals surface area contributed by atoms with Crippen LogP contribution in [0, 0.1) is 0 Å². The molecule has 2 heterocycles. The molecule has 1 saturated carbocycles. The molecule has 10 heteroatoms. The van der Waals surface area contributed by atoms with E-state index in [-0.39, 0.29) is 47.0 Å². The van der Waals surface area contributed by atoms with E-state index >= 15 is 0 Å². The van der Waals surface area contributed by atoms with Crippen LogP contribution in [0.5, 0.6) is 5.75 Å². The van der Waals surface area contributed by atoms with Crippen molar-refractivity contribution in [3.05, 3.63) is 35.8 Å². The van der Waals surface area contributed by atoms with Crippen molar-refractivity contribution in [1.82, 2.24) is 24.7 Å². The van der Waals surface area contributed by atoms with Gasteiger partial charge in [-0.05, 0) is 64.8 Å². The quantitative estimate of drug-likeness (QED) is 0.368. The number of methoxy groups -OCH3 is 1. The maximum absolute atomic E-state index is 11.1. The van der Waals surface area contributed by atoms with Crippen molar-refractivity contribution in [2.75, 3.05) is 7.11 Å². The third-order valence-electron chi connectivity index (χ3n) is 4.45. The molecule has 0 saturated heterocycles. The van der Waals surface area contributed by atoms with Gasteiger partial charge in [-0.25, -0.2) is 18.1 Å². The molecule has 0 atom stereocenters. The molecular formula is C25H45N5O3S2. The van der Waals surface area contributed by atoms with Gasteiger partial charge in [-0.3, -0.25) is 0 Å². The lowest BCUT2D eigenvalue weighted by Crippen LogP contribution is -2.32. The number of nitrogens with one attached hydrogen (secondary N) is 1. The predicted molar refractivity (Wildman–Crippen MR) is 151 cm³/mol. The summed E-state index contributed by atoms with van der Waals surface area (Å²) in [6.07, 6.45) is 3.45. The summed E-state index contributed by atoms with van der Waals surface area (Å²) in [6, 6.07) is 8.07. The van der Waals surface area contributed by atoms with Gasteiger partial charge in [0.2, 0.25) is 10.0 Å². The van der Waals surface area contributed by atoms with E-state index in [0.717, 1.165) is 40.6 Å². The number of aromatic nitrogens is 4. The van der Waals surface area contributed by atoms with Crippen LogP contribution >= 0.6 is 11.3 Å². The molecule has 0 unspecified atom stereocenters. The predicted octanol–water partition coefficient (Wildman–Crippen LogP) is 6.68. The molecule has 1 N–H and O–H groups in total. The first-order valence-electron chi connectivity index (χ1n) is 10.2. The zero-order chi connectivity index (χ0) is 22.6. The van der Waals surface area contributed by atoms with E-state index in [1.54, 1.807) is 29.4 Å². The highest BCUT2D eigenvalue weighted by molar-refractivity contribution is 7.90. The normalized spacial score (nSPS) is 12.3. The highest BCUT2D eigenvalue weighted by atomic mass is 32.2. The van der Waals surface area contributed by atoms with Gasteiger partial charge in [0.15, 0.2) is 0 Å². The maximum atomic E-state index is 11.1. The van der Waals surface area contributed by atoms with Crippen LogP contribution in [0.2, 0.25) is 0 Å². The monoisotopic (exact) mass is 527 g/mol. The minimum Gasteiger partial charge on any atom is -0.497 e. The van der Waals surface area contributed by atoms with Crippen LogP contribution in [0.3, 0.4) is 0 Å². The van der Waals surface area contributed by atoms with Gasteiger partial charge < -0.3 is 4.74 Å². The van der Waals surface area contributed by atoms with Gasteiger partial charge in [0.05, 0.1) is 18.4 Å². The Morgan fingerprint density at radius 2 is 1.57 bits per heavy atom. The van der Waals surface area contributed by atoms with E-state index in [9.17, 15) is 8.42 Å². The molecule has 200 valence electrons. The molecule has 1 fully saturated rings. The molecule has 0 radical (unpaired) electrons. The topological polar surface area (TPSA) is 99.0 Å². The summed E-state index contributed by atoms with van der Waals surface area (Å²) in [5.74, 6) is 0.825. The Labute approximate surface area is 217 Å². The molecule has 0 aliphatic heterocycles. The van der Waals surface area contributed by atoms with Crippen LogP contribution in [0.25, 0.3) is 22.0 Å². The number of sulfonamides is 1. The fourth-order valence-corrected chi connectivity index (χ4v) is 5.01. The zero-order valence-corrected chi connectivity index (χ0v) is 20.1. The Hall–Kier alpha value is -2.30. The van der Waals surface area contributed by atoms with E-state index < -0.39 is 10.0 Å². The standard InChI is InChI=1S/C15H16N4OS.C6H13NO2S.4CH4/c1-10(2)19-17-13(11-4-6-12(20-3)7-5-11)14(18-19)15-16-8-9-21-15;1-5(2)7-10(8,9)6-3-4-6;;;;/h4-10H,1-3H3;5-7H,3-4H2,1-2H3;4*1H4. The van der Waals surface area contributed by atoms with E-state index in [1.807, 2.05) is 43.5 Å². The smallest absolute Gasteiger partial charge is 0.214 e. The summed E-state index contributed by atoms with van der Waals surface area (Å²) < 4.78 is 29.9. The van der Waals surface area contributed by atoms with Crippen LogP contribution in [0.4, 0.5) is 0 Å². The Bertz CT molecular complexity index is 1070. The first kappa shape index (κ1) is 34.9. The number of ether oxygens (including phenoxy) is 1. The molecule has 0 bridgehead atoms. The fraction of sp³-hybridized carbons (Fsp3) is 0.560. The van der Waals surface area contributed by atoms with Gasteiger partial charge in [-0.15, -0.1) is 16.4 Å². The third kappa shape index (κ3) is 9.35. The minimum absolute atomic E-state index is 0. The molecule has 35 heavy (non-hydrogen) atoms. The summed E-state index contributed by atoms with van der Waals surface area (Å²) in [4.78, 5) is 6.09. The van der Waals surface area contributed by atoms with Gasteiger partial charge in [0, 0.05) is 23.2 Å². The van der Waals surface area contributed by atoms with Crippen molar-refractivity contribution < 1.29 is 13.2 Å². The zero-order valence-electron chi connectivity index (χ0n) is 18.4. The lowest BCUT2D eigenvalue weighted by atomic mass is 10.1. The highest BCUT2D eigenvalue weighted by Crippen LogP contribution is 2.31. The van der Waals surface area contributed by atoms with Crippen molar-refractivity contribution >= 4 is 21.4 Å². The number of benzene rings is 1. The lowest BCUT2D eigenvalue weighted by Gasteiger charge is -2.07. The Balaban J connectivity index is 0. The first-order valence-corrected chi connectivity index (χ1v) is 12.7. The second-order valence-electron chi connectivity index (χ2n) is 7.89. The third-order valence-corrected chi connectivity index (χ3v) is 7.38. The van der Waals surface area contributed by atoms with E-state index in [0.29, 0.717) is 0 Å². The van der Waals surface area contributed by atoms with Crippen molar-refractivity contribution in [3.63, 3.8) is 0 Å². The van der Waals surface area contributed by atoms with Crippen molar-refractivity contribution in [2.45, 2.75) is 87.6 Å². The van der Waals surface area contributed by atoms with Gasteiger partial charge in [-0.1, -0.05) is 29.7 Å². The summed E-state index contributed by atoms with van der Waals surface area (Å²) in [5, 5.41) is 12.0. The number of thiazole rings is 1. The van der Waals surface area contributed by atoms with Gasteiger partial charge >= 0.3 is 0 Å². The summed E-state index contributed by atoms with van der Waals surface area (Å²) >= 11 is 1.57. The Morgan fingerprint density at radius 1 is 1.00 bits per heavy atom. The molecule has 8 nitrogen and oxygen atoms in total. The SMILES string of the molecule is C.C.C.C.CC(C)NS(=O)(=O)C1CC1.COc1ccc(-c2nn(C(C)C)nc2-c2nccs2)cc1. The molecule has 3 aromatic rings. The molecule has 1 aliphatic carbocycles. The minimum atomic E-state index is -2.94. The van der Waals surface area contributed by atoms with Crippen molar-refractivity contribution in [2.24, 2.45) is 0 Å². The maximum Gasteiger partial charge on any atom is 0.214 e. The lowest BCUT2D eigenvalue weighted by molar-refractivity contribution is 0.415. The second kappa shape index (κ2) is 15.0. The number of rotatable bonds is 7. The fourth-order valence-electron chi connectivity index (χ4n) is 2.78.